The molecule has 2 aromatic carbocycles. The van der Waals surface area contributed by atoms with Crippen LogP contribution in [0.25, 0.3) is 16.6 Å². The largest absolute Gasteiger partial charge is 0.507 e. The molecule has 6 nitrogen and oxygen atoms in total. The van der Waals surface area contributed by atoms with Gasteiger partial charge in [0, 0.05) is 0 Å². The second-order valence-electron chi connectivity index (χ2n) is 5.48. The van der Waals surface area contributed by atoms with Crippen LogP contribution in [0.1, 0.15) is 21.7 Å². The summed E-state index contributed by atoms with van der Waals surface area (Å²) in [5.74, 6) is -0.706. The third-order valence-electron chi connectivity index (χ3n) is 3.65. The summed E-state index contributed by atoms with van der Waals surface area (Å²) in [4.78, 5) is 19.2. The lowest BCUT2D eigenvalue weighted by Gasteiger charge is -2.06. The van der Waals surface area contributed by atoms with Gasteiger partial charge in [0.15, 0.2) is 11.6 Å². The highest BCUT2D eigenvalue weighted by Gasteiger charge is 2.15. The van der Waals surface area contributed by atoms with E-state index in [0.29, 0.717) is 11.1 Å². The topological polar surface area (TPSA) is 99.0 Å². The summed E-state index contributed by atoms with van der Waals surface area (Å²) < 4.78 is 5.07. The zero-order valence-electron chi connectivity index (χ0n) is 13.5. The van der Waals surface area contributed by atoms with Gasteiger partial charge in [-0.3, -0.25) is 0 Å². The molecular weight excluding hydrogens is 318 g/mol. The molecule has 25 heavy (non-hydrogen) atoms. The Morgan fingerprint density at radius 1 is 1.24 bits per heavy atom. The fraction of sp³-hybridized carbons (Fsp3) is 0.105. The molecule has 3 rings (SSSR count). The summed E-state index contributed by atoms with van der Waals surface area (Å²) in [7, 11) is 0. The number of imidazole rings is 1. The van der Waals surface area contributed by atoms with Gasteiger partial charge in [0.2, 0.25) is 0 Å². The Balaban J connectivity index is 1.78. The molecule has 0 aliphatic heterocycles. The third kappa shape index (κ3) is 3.51. The molecule has 0 saturated carbocycles. The van der Waals surface area contributed by atoms with Crippen LogP contribution in [0.5, 0.6) is 0 Å². The maximum Gasteiger partial charge on any atom is 0.338 e. The number of aryl methyl sites for hydroxylation is 1. The van der Waals surface area contributed by atoms with Crippen molar-refractivity contribution in [3.8, 4) is 6.07 Å². The van der Waals surface area contributed by atoms with E-state index < -0.39 is 12.6 Å². The molecule has 0 fully saturated rings. The number of aromatic nitrogens is 2. The van der Waals surface area contributed by atoms with E-state index in [2.05, 4.69) is 9.97 Å². The standard InChI is InChI=1S/C19H15N3O3/c1-12-6-8-13(9-7-12)19(24)25-11-17(23)14(10-20)18-21-15-4-2-3-5-16(15)22-18/h2-9,23H,11H2,1H3,(H,21,22). The molecule has 0 atom stereocenters. The van der Waals surface area contributed by atoms with Gasteiger partial charge in [0.25, 0.3) is 0 Å². The number of esters is 1. The molecule has 6 heteroatoms. The molecule has 0 bridgehead atoms. The van der Waals surface area contributed by atoms with Gasteiger partial charge in [-0.1, -0.05) is 29.8 Å². The van der Waals surface area contributed by atoms with E-state index in [9.17, 15) is 15.2 Å². The first-order valence-corrected chi connectivity index (χ1v) is 7.59. The maximum absolute atomic E-state index is 12.0. The Kier molecular flexibility index (Phi) is 4.48. The van der Waals surface area contributed by atoms with Crippen LogP contribution in [0, 0.1) is 18.3 Å². The van der Waals surface area contributed by atoms with Crippen LogP contribution < -0.4 is 0 Å². The van der Waals surface area contributed by atoms with E-state index >= 15 is 0 Å². The molecule has 124 valence electrons. The molecule has 1 heterocycles. The van der Waals surface area contributed by atoms with Crippen LogP contribution in [0.15, 0.2) is 54.3 Å². The first-order chi connectivity index (χ1) is 12.1. The van der Waals surface area contributed by atoms with Crippen molar-refractivity contribution in [2.45, 2.75) is 6.92 Å². The van der Waals surface area contributed by atoms with Crippen molar-refractivity contribution < 1.29 is 14.6 Å². The average molecular weight is 333 g/mol. The molecule has 0 saturated heterocycles. The Morgan fingerprint density at radius 3 is 2.64 bits per heavy atom. The lowest BCUT2D eigenvalue weighted by molar-refractivity contribution is 0.0503. The number of hydrogen-bond acceptors (Lipinski definition) is 5. The van der Waals surface area contributed by atoms with Gasteiger partial charge in [-0.2, -0.15) is 5.26 Å². The highest BCUT2D eigenvalue weighted by molar-refractivity contribution is 5.89. The lowest BCUT2D eigenvalue weighted by Crippen LogP contribution is -2.09. The predicted octanol–water partition coefficient (Wildman–Crippen LogP) is 3.52. The average Bonchev–Trinajstić information content (AvgIpc) is 3.04. The Bertz CT molecular complexity index is 962. The molecule has 0 unspecified atom stereocenters. The summed E-state index contributed by atoms with van der Waals surface area (Å²) >= 11 is 0. The normalized spacial score (nSPS) is 11.7. The highest BCUT2D eigenvalue weighted by atomic mass is 16.5. The second kappa shape index (κ2) is 6.89. The number of fused-ring (bicyclic) bond motifs is 1. The number of H-pyrrole nitrogens is 1. The van der Waals surface area contributed by atoms with Crippen molar-refractivity contribution in [1.29, 1.82) is 5.26 Å². The van der Waals surface area contributed by atoms with E-state index in [4.69, 9.17) is 4.74 Å². The molecule has 0 aliphatic carbocycles. The van der Waals surface area contributed by atoms with Crippen LogP contribution in [0.4, 0.5) is 0 Å². The number of ether oxygens (including phenoxy) is 1. The number of allylic oxidation sites excluding steroid dienone is 1. The molecule has 2 N–H and O–H groups in total. The number of aromatic amines is 1. The lowest BCUT2D eigenvalue weighted by atomic mass is 10.1. The minimum Gasteiger partial charge on any atom is -0.507 e. The van der Waals surface area contributed by atoms with Gasteiger partial charge < -0.3 is 14.8 Å². The number of nitrogens with zero attached hydrogens (tertiary/aromatic N) is 2. The Labute approximate surface area is 144 Å². The smallest absolute Gasteiger partial charge is 0.338 e. The molecular formula is C19H15N3O3. The van der Waals surface area contributed by atoms with E-state index in [1.807, 2.05) is 31.2 Å². The minimum absolute atomic E-state index is 0.0621. The Hall–Kier alpha value is -3.59. The first-order valence-electron chi connectivity index (χ1n) is 7.59. The van der Waals surface area contributed by atoms with E-state index in [-0.39, 0.29) is 17.2 Å². The summed E-state index contributed by atoms with van der Waals surface area (Å²) in [5.41, 5.74) is 2.76. The summed E-state index contributed by atoms with van der Waals surface area (Å²) in [6, 6.07) is 16.0. The van der Waals surface area contributed by atoms with Crippen LogP contribution in [0.2, 0.25) is 0 Å². The van der Waals surface area contributed by atoms with Gasteiger partial charge in [-0.25, -0.2) is 9.78 Å². The van der Waals surface area contributed by atoms with Crippen molar-refractivity contribution in [2.75, 3.05) is 6.61 Å². The number of carbonyl (C=O) groups excluding carboxylic acids is 1. The number of aliphatic hydroxyl groups excluding tert-OH is 1. The Morgan fingerprint density at radius 2 is 1.96 bits per heavy atom. The number of carbonyl (C=O) groups is 1. The fourth-order valence-corrected chi connectivity index (χ4v) is 2.30. The molecule has 1 aromatic heterocycles. The highest BCUT2D eigenvalue weighted by Crippen LogP contribution is 2.19. The van der Waals surface area contributed by atoms with Crippen molar-refractivity contribution in [3.63, 3.8) is 0 Å². The van der Waals surface area contributed by atoms with Gasteiger partial charge in [0.05, 0.1) is 16.6 Å². The molecule has 0 aliphatic rings. The second-order valence-corrected chi connectivity index (χ2v) is 5.48. The predicted molar refractivity (Wildman–Crippen MR) is 92.7 cm³/mol. The monoisotopic (exact) mass is 333 g/mol. The van der Waals surface area contributed by atoms with Crippen LogP contribution in [-0.2, 0) is 4.74 Å². The molecule has 0 radical (unpaired) electrons. The zero-order chi connectivity index (χ0) is 17.8. The molecule has 3 aromatic rings. The van der Waals surface area contributed by atoms with E-state index in [0.717, 1.165) is 11.1 Å². The number of aliphatic hydroxyl groups is 1. The van der Waals surface area contributed by atoms with Gasteiger partial charge in [-0.15, -0.1) is 0 Å². The van der Waals surface area contributed by atoms with Crippen molar-refractivity contribution in [3.05, 3.63) is 71.2 Å². The third-order valence-corrected chi connectivity index (χ3v) is 3.65. The maximum atomic E-state index is 12.0. The van der Waals surface area contributed by atoms with Crippen LogP contribution in [0.3, 0.4) is 0 Å². The number of nitriles is 1. The fourth-order valence-electron chi connectivity index (χ4n) is 2.30. The van der Waals surface area contributed by atoms with Gasteiger partial charge in [0.1, 0.15) is 18.2 Å². The first kappa shape index (κ1) is 16.3. The summed E-state index contributed by atoms with van der Waals surface area (Å²) in [6.45, 7) is 1.50. The van der Waals surface area contributed by atoms with Gasteiger partial charge >= 0.3 is 5.97 Å². The van der Waals surface area contributed by atoms with Crippen LogP contribution >= 0.6 is 0 Å². The number of nitrogens with one attached hydrogen (secondary N) is 1. The quantitative estimate of drug-likeness (QED) is 0.432. The SMILES string of the molecule is Cc1ccc(C(=O)OCC(O)=C(C#N)c2nc3ccccc3[nH]2)cc1. The van der Waals surface area contributed by atoms with Crippen LogP contribution in [-0.4, -0.2) is 27.7 Å². The van der Waals surface area contributed by atoms with E-state index in [1.165, 1.54) is 0 Å². The van der Waals surface area contributed by atoms with Gasteiger partial charge in [-0.05, 0) is 31.2 Å². The van der Waals surface area contributed by atoms with Crippen molar-refractivity contribution in [2.24, 2.45) is 0 Å². The molecule has 0 spiro atoms. The summed E-state index contributed by atoms with van der Waals surface area (Å²) in [6.07, 6.45) is 0. The zero-order valence-corrected chi connectivity index (χ0v) is 13.5. The summed E-state index contributed by atoms with van der Waals surface area (Å²) in [5, 5.41) is 19.5. The number of para-hydroxylation sites is 2. The molecule has 0 amide bonds. The van der Waals surface area contributed by atoms with Crippen molar-refractivity contribution >= 4 is 22.6 Å². The number of benzene rings is 2. The van der Waals surface area contributed by atoms with Crippen molar-refractivity contribution in [1.82, 2.24) is 9.97 Å². The minimum atomic E-state index is -0.576. The number of rotatable bonds is 4. The number of hydrogen-bond donors (Lipinski definition) is 2. The van der Waals surface area contributed by atoms with E-state index in [1.54, 1.807) is 30.3 Å².